The Hall–Kier alpha value is -5.28. The van der Waals surface area contributed by atoms with E-state index in [-0.39, 0.29) is 62.7 Å². The number of aliphatic hydroxyl groups is 1. The Balaban J connectivity index is 1.50. The maximum atomic E-state index is 15.5. The minimum atomic E-state index is -2.96. The topological polar surface area (TPSA) is 142 Å². The molecule has 10 nitrogen and oxygen atoms in total. The first-order valence-corrected chi connectivity index (χ1v) is 14.8. The number of primary amides is 1. The van der Waals surface area contributed by atoms with Crippen LogP contribution in [0.5, 0.6) is 11.5 Å². The van der Waals surface area contributed by atoms with Gasteiger partial charge in [-0.05, 0) is 37.3 Å². The van der Waals surface area contributed by atoms with Crippen LogP contribution in [0.3, 0.4) is 0 Å². The second-order valence-corrected chi connectivity index (χ2v) is 11.9. The molecule has 0 aliphatic carbocycles. The quantitative estimate of drug-likeness (QED) is 0.139. The molecule has 0 fully saturated rings. The lowest BCUT2D eigenvalue weighted by molar-refractivity contribution is -0.123. The highest BCUT2D eigenvalue weighted by atomic mass is 35.5. The minimum Gasteiger partial charge on any atom is -0.494 e. The summed E-state index contributed by atoms with van der Waals surface area (Å²) < 4.78 is 83.0. The van der Waals surface area contributed by atoms with Gasteiger partial charge in [-0.2, -0.15) is 13.9 Å². The summed E-state index contributed by atoms with van der Waals surface area (Å²) in [6.45, 7) is -2.61. The van der Waals surface area contributed by atoms with Crippen LogP contribution in [0.2, 0.25) is 5.02 Å². The van der Waals surface area contributed by atoms with Crippen molar-refractivity contribution in [1.29, 1.82) is 0 Å². The number of rotatable bonds is 9. The zero-order valence-electron chi connectivity index (χ0n) is 25.5. The molecule has 6 rings (SSSR count). The van der Waals surface area contributed by atoms with E-state index in [1.807, 2.05) is 0 Å². The number of ether oxygens (including phenoxy) is 2. The lowest BCUT2D eigenvalue weighted by atomic mass is 9.80. The number of carbonyl (C=O) groups excluding carboxylic acids is 2. The van der Waals surface area contributed by atoms with Crippen molar-refractivity contribution in [3.05, 3.63) is 106 Å². The zero-order valence-corrected chi connectivity index (χ0v) is 26.3. The summed E-state index contributed by atoms with van der Waals surface area (Å²) in [5.74, 6) is -4.92. The van der Waals surface area contributed by atoms with E-state index in [1.165, 1.54) is 50.4 Å². The number of hydrogen-bond acceptors (Lipinski definition) is 7. The van der Waals surface area contributed by atoms with Crippen molar-refractivity contribution < 1.29 is 46.1 Å². The van der Waals surface area contributed by atoms with Gasteiger partial charge in [-0.3, -0.25) is 9.59 Å². The molecule has 0 saturated heterocycles. The van der Waals surface area contributed by atoms with Gasteiger partial charge in [0.05, 0.1) is 24.4 Å². The van der Waals surface area contributed by atoms with Crippen molar-refractivity contribution >= 4 is 34.3 Å². The summed E-state index contributed by atoms with van der Waals surface area (Å²) in [5.41, 5.74) is 0.230. The average molecular weight is 702 g/mol. The number of benzene rings is 3. The van der Waals surface area contributed by atoms with E-state index in [0.29, 0.717) is 10.7 Å². The number of hydrogen-bond donors (Lipinski definition) is 3. The Labute approximate surface area is 279 Å². The second-order valence-electron chi connectivity index (χ2n) is 11.5. The summed E-state index contributed by atoms with van der Waals surface area (Å²) in [5, 5.41) is 18.3. The molecule has 49 heavy (non-hydrogen) atoms. The molecule has 3 heterocycles. The van der Waals surface area contributed by atoms with Gasteiger partial charge in [-0.1, -0.05) is 29.8 Å². The molecule has 0 spiro atoms. The largest absolute Gasteiger partial charge is 0.494 e. The summed E-state index contributed by atoms with van der Waals surface area (Å²) in [4.78, 5) is 30.6. The maximum absolute atomic E-state index is 15.5. The van der Waals surface area contributed by atoms with Crippen LogP contribution in [0.1, 0.15) is 40.7 Å². The molecule has 2 atom stereocenters. The first kappa shape index (κ1) is 33.6. The third kappa shape index (κ3) is 5.68. The zero-order chi connectivity index (χ0) is 35.4. The van der Waals surface area contributed by atoms with Crippen LogP contribution >= 0.6 is 11.6 Å². The highest BCUT2D eigenvalue weighted by Gasteiger charge is 2.46. The first-order valence-electron chi connectivity index (χ1n) is 14.4. The molecule has 0 radical (unpaired) electrons. The van der Waals surface area contributed by atoms with E-state index < -0.39 is 58.4 Å². The third-order valence-corrected chi connectivity index (χ3v) is 8.69. The van der Waals surface area contributed by atoms with Crippen LogP contribution in [0, 0.1) is 17.5 Å². The van der Waals surface area contributed by atoms with Crippen LogP contribution in [0.25, 0.3) is 22.2 Å². The smallest absolute Gasteiger partial charge is 0.333 e. The molecule has 1 aliphatic rings. The van der Waals surface area contributed by atoms with E-state index in [2.05, 4.69) is 15.4 Å². The number of pyridine rings is 1. The predicted octanol–water partition coefficient (Wildman–Crippen LogP) is 5.37. The summed E-state index contributed by atoms with van der Waals surface area (Å²) in [6, 6.07) is 10.2. The summed E-state index contributed by atoms with van der Waals surface area (Å²) in [7, 11) is 1.26. The highest BCUT2D eigenvalue weighted by molar-refractivity contribution is 6.31. The van der Waals surface area contributed by atoms with Gasteiger partial charge in [0.25, 0.3) is 5.91 Å². The molecule has 5 aromatic rings. The molecule has 3 aromatic carbocycles. The fourth-order valence-corrected chi connectivity index (χ4v) is 5.79. The van der Waals surface area contributed by atoms with Gasteiger partial charge in [0.15, 0.2) is 5.60 Å². The van der Waals surface area contributed by atoms with Crippen molar-refractivity contribution in [2.24, 2.45) is 5.73 Å². The van der Waals surface area contributed by atoms with E-state index >= 15 is 8.78 Å². The number of carbonyl (C=O) groups is 2. The second kappa shape index (κ2) is 12.3. The Bertz CT molecular complexity index is 2160. The Kier molecular flexibility index (Phi) is 8.44. The molecule has 4 N–H and O–H groups in total. The van der Waals surface area contributed by atoms with Gasteiger partial charge >= 0.3 is 6.55 Å². The van der Waals surface area contributed by atoms with Gasteiger partial charge in [0.1, 0.15) is 52.2 Å². The van der Waals surface area contributed by atoms with Crippen molar-refractivity contribution in [3.63, 3.8) is 0 Å². The third-order valence-electron chi connectivity index (χ3n) is 8.40. The highest BCUT2D eigenvalue weighted by Crippen LogP contribution is 2.47. The Morgan fingerprint density at radius 2 is 1.88 bits per heavy atom. The standard InChI is InChI=1S/C33H25ClF5N5O5/c1-32(30(40)46)14-49-28-19(32)10-25(42-27(28)17-9-20(34)23(37)11-22(17)36)33(47,18-5-3-4-6-21(18)35)13-41-29(45)15-7-16-12-44(31(38)39)43-26(16)24(8-15)48-2/h3-12,31,47H,13-14H2,1-2H3,(H2,40,46)(H,41,45)/t32-,33+/m0/s1. The van der Waals surface area contributed by atoms with Crippen LogP contribution in [0.15, 0.2) is 60.8 Å². The number of nitrogens with one attached hydrogen (secondary N) is 1. The normalized spacial score (nSPS) is 16.7. The van der Waals surface area contributed by atoms with E-state index in [9.17, 15) is 27.9 Å². The van der Waals surface area contributed by atoms with Crippen LogP contribution in [-0.4, -0.2) is 51.9 Å². The number of nitrogens with zero attached hydrogens (tertiary/aromatic N) is 3. The minimum absolute atomic E-state index is 0.00192. The SMILES string of the molecule is COc1cc(C(=O)NC[C@](O)(c2cc3c(c(-c4cc(Cl)c(F)cc4F)n2)OC[C@]3(C)C(N)=O)c2ccccc2F)cc2cn(C(F)F)nc12. The number of aromatic nitrogens is 3. The molecular formula is C33H25ClF5N5O5. The molecule has 2 aromatic heterocycles. The molecule has 254 valence electrons. The van der Waals surface area contributed by atoms with Gasteiger partial charge in [-0.15, -0.1) is 0 Å². The van der Waals surface area contributed by atoms with E-state index in [4.69, 9.17) is 26.8 Å². The molecule has 16 heteroatoms. The van der Waals surface area contributed by atoms with E-state index in [1.54, 1.807) is 0 Å². The predicted molar refractivity (Wildman–Crippen MR) is 166 cm³/mol. The Morgan fingerprint density at radius 1 is 1.14 bits per heavy atom. The first-order chi connectivity index (χ1) is 23.2. The van der Waals surface area contributed by atoms with Gasteiger partial charge in [-0.25, -0.2) is 22.8 Å². The maximum Gasteiger partial charge on any atom is 0.333 e. The van der Waals surface area contributed by atoms with Crippen LogP contribution < -0.4 is 20.5 Å². The lowest BCUT2D eigenvalue weighted by Gasteiger charge is -2.30. The molecule has 2 amide bonds. The molecular weight excluding hydrogens is 677 g/mol. The van der Waals surface area contributed by atoms with Gasteiger partial charge in [0.2, 0.25) is 5.91 Å². The fraction of sp³-hybridized carbons (Fsp3) is 0.212. The monoisotopic (exact) mass is 701 g/mol. The summed E-state index contributed by atoms with van der Waals surface area (Å²) in [6.07, 6.45) is 1.02. The number of halogens is 6. The number of methoxy groups -OCH3 is 1. The van der Waals surface area contributed by atoms with Crippen molar-refractivity contribution in [3.8, 4) is 22.8 Å². The van der Waals surface area contributed by atoms with Crippen molar-refractivity contribution in [2.45, 2.75) is 24.5 Å². The number of amides is 2. The Morgan fingerprint density at radius 3 is 2.55 bits per heavy atom. The molecule has 1 aliphatic heterocycles. The van der Waals surface area contributed by atoms with E-state index in [0.717, 1.165) is 18.3 Å². The molecule has 0 saturated carbocycles. The van der Waals surface area contributed by atoms with Gasteiger partial charge in [0, 0.05) is 39.9 Å². The number of nitrogens with two attached hydrogens (primary N) is 1. The number of alkyl halides is 2. The number of fused-ring (bicyclic) bond motifs is 2. The van der Waals surface area contributed by atoms with Crippen molar-refractivity contribution in [2.75, 3.05) is 20.3 Å². The van der Waals surface area contributed by atoms with Gasteiger partial charge < -0.3 is 25.6 Å². The van der Waals surface area contributed by atoms with Crippen LogP contribution in [0.4, 0.5) is 22.0 Å². The van der Waals surface area contributed by atoms with Crippen molar-refractivity contribution in [1.82, 2.24) is 20.1 Å². The lowest BCUT2D eigenvalue weighted by Crippen LogP contribution is -2.44. The fourth-order valence-electron chi connectivity index (χ4n) is 5.62. The van der Waals surface area contributed by atoms with Crippen LogP contribution in [-0.2, 0) is 15.8 Å². The molecule has 0 unspecified atom stereocenters. The molecule has 0 bridgehead atoms. The summed E-state index contributed by atoms with van der Waals surface area (Å²) >= 11 is 5.97. The average Bonchev–Trinajstić information content (AvgIpc) is 3.67.